The normalized spacial score (nSPS) is 11.4. The molecule has 0 bridgehead atoms. The standard InChI is InChI=1S/C16H14BrN3O3S/c1-2-24(21,22)20-14-8-6-11(7-9-14)15-18-16(23-19-15)12-4-3-5-13(17)10-12/h3-10,20H,2H2,1H3. The lowest BCUT2D eigenvalue weighted by Crippen LogP contribution is -2.14. The molecule has 3 rings (SSSR count). The quantitative estimate of drug-likeness (QED) is 0.692. The van der Waals surface area contributed by atoms with Crippen LogP contribution in [0, 0.1) is 0 Å². The van der Waals surface area contributed by atoms with Crippen LogP contribution in [0.2, 0.25) is 0 Å². The van der Waals surface area contributed by atoms with E-state index in [0.717, 1.165) is 15.6 Å². The molecular formula is C16H14BrN3O3S. The van der Waals surface area contributed by atoms with E-state index in [2.05, 4.69) is 30.8 Å². The van der Waals surface area contributed by atoms with Gasteiger partial charge in [-0.15, -0.1) is 0 Å². The molecule has 6 nitrogen and oxygen atoms in total. The molecule has 0 aliphatic heterocycles. The predicted octanol–water partition coefficient (Wildman–Crippen LogP) is 3.93. The van der Waals surface area contributed by atoms with E-state index in [4.69, 9.17) is 4.52 Å². The van der Waals surface area contributed by atoms with Crippen molar-refractivity contribution in [3.63, 3.8) is 0 Å². The minimum absolute atomic E-state index is 0.0234. The van der Waals surface area contributed by atoms with E-state index in [-0.39, 0.29) is 5.75 Å². The van der Waals surface area contributed by atoms with Crippen LogP contribution in [0.15, 0.2) is 57.5 Å². The van der Waals surface area contributed by atoms with Gasteiger partial charge >= 0.3 is 0 Å². The van der Waals surface area contributed by atoms with Crippen molar-refractivity contribution in [2.24, 2.45) is 0 Å². The molecule has 2 aromatic carbocycles. The van der Waals surface area contributed by atoms with Gasteiger partial charge in [0.25, 0.3) is 5.89 Å². The summed E-state index contributed by atoms with van der Waals surface area (Å²) >= 11 is 3.40. The molecular weight excluding hydrogens is 394 g/mol. The molecule has 1 aromatic heterocycles. The summed E-state index contributed by atoms with van der Waals surface area (Å²) in [5.74, 6) is 0.882. The number of nitrogens with zero attached hydrogens (tertiary/aromatic N) is 2. The fourth-order valence-corrected chi connectivity index (χ4v) is 3.06. The number of aromatic nitrogens is 2. The molecule has 124 valence electrons. The molecule has 0 atom stereocenters. The van der Waals surface area contributed by atoms with Crippen LogP contribution in [0.3, 0.4) is 0 Å². The number of hydrogen-bond acceptors (Lipinski definition) is 5. The number of nitrogens with one attached hydrogen (secondary N) is 1. The lowest BCUT2D eigenvalue weighted by atomic mass is 10.2. The van der Waals surface area contributed by atoms with Crippen LogP contribution in [0.25, 0.3) is 22.8 Å². The molecule has 0 saturated carbocycles. The van der Waals surface area contributed by atoms with Gasteiger partial charge in [0, 0.05) is 21.3 Å². The number of rotatable bonds is 5. The van der Waals surface area contributed by atoms with E-state index in [9.17, 15) is 8.42 Å². The van der Waals surface area contributed by atoms with Crippen LogP contribution in [0.1, 0.15) is 6.92 Å². The first-order chi connectivity index (χ1) is 11.5. The molecule has 0 radical (unpaired) electrons. The monoisotopic (exact) mass is 407 g/mol. The first-order valence-corrected chi connectivity index (χ1v) is 9.62. The number of hydrogen-bond donors (Lipinski definition) is 1. The Labute approximate surface area is 148 Å². The van der Waals surface area contributed by atoms with Crippen molar-refractivity contribution >= 4 is 31.6 Å². The summed E-state index contributed by atoms with van der Waals surface area (Å²) in [7, 11) is -3.29. The Bertz CT molecular complexity index is 953. The number of anilines is 1. The molecule has 0 spiro atoms. The fraction of sp³-hybridized carbons (Fsp3) is 0.125. The van der Waals surface area contributed by atoms with Crippen molar-refractivity contribution in [3.05, 3.63) is 53.0 Å². The lowest BCUT2D eigenvalue weighted by molar-refractivity contribution is 0.432. The highest BCUT2D eigenvalue weighted by atomic mass is 79.9. The highest BCUT2D eigenvalue weighted by molar-refractivity contribution is 9.10. The molecule has 0 fully saturated rings. The summed E-state index contributed by atoms with van der Waals surface area (Å²) in [6.07, 6.45) is 0. The lowest BCUT2D eigenvalue weighted by Gasteiger charge is -2.05. The average Bonchev–Trinajstić information content (AvgIpc) is 3.05. The van der Waals surface area contributed by atoms with Crippen molar-refractivity contribution in [3.8, 4) is 22.8 Å². The van der Waals surface area contributed by atoms with E-state index < -0.39 is 10.0 Å². The number of sulfonamides is 1. The molecule has 1 N–H and O–H groups in total. The van der Waals surface area contributed by atoms with Crippen LogP contribution >= 0.6 is 15.9 Å². The van der Waals surface area contributed by atoms with Gasteiger partial charge in [0.15, 0.2) is 0 Å². The third-order valence-corrected chi connectivity index (χ3v) is 5.09. The Balaban J connectivity index is 1.83. The average molecular weight is 408 g/mol. The smallest absolute Gasteiger partial charge is 0.258 e. The van der Waals surface area contributed by atoms with Gasteiger partial charge < -0.3 is 4.52 Å². The molecule has 1 heterocycles. The minimum Gasteiger partial charge on any atom is -0.334 e. The molecule has 0 amide bonds. The van der Waals surface area contributed by atoms with E-state index in [1.54, 1.807) is 31.2 Å². The summed E-state index contributed by atoms with van der Waals surface area (Å²) in [6, 6.07) is 14.4. The third kappa shape index (κ3) is 3.82. The Kier molecular flexibility index (Phi) is 4.68. The van der Waals surface area contributed by atoms with Crippen LogP contribution in [0.4, 0.5) is 5.69 Å². The SMILES string of the molecule is CCS(=O)(=O)Nc1ccc(-c2noc(-c3cccc(Br)c3)n2)cc1. The summed E-state index contributed by atoms with van der Waals surface area (Å²) < 4.78 is 31.8. The van der Waals surface area contributed by atoms with E-state index in [0.29, 0.717) is 17.4 Å². The predicted molar refractivity (Wildman–Crippen MR) is 96.0 cm³/mol. The Morgan fingerprint density at radius 2 is 1.88 bits per heavy atom. The highest BCUT2D eigenvalue weighted by Crippen LogP contribution is 2.25. The topological polar surface area (TPSA) is 85.1 Å². The molecule has 0 aliphatic carbocycles. The molecule has 0 unspecified atom stereocenters. The summed E-state index contributed by atoms with van der Waals surface area (Å²) in [6.45, 7) is 1.58. The van der Waals surface area contributed by atoms with Gasteiger partial charge in [0.2, 0.25) is 15.8 Å². The molecule has 0 saturated heterocycles. The number of benzene rings is 2. The van der Waals surface area contributed by atoms with Gasteiger partial charge in [-0.25, -0.2) is 8.42 Å². The zero-order chi connectivity index (χ0) is 17.2. The van der Waals surface area contributed by atoms with Crippen molar-refractivity contribution < 1.29 is 12.9 Å². The molecule has 8 heteroatoms. The third-order valence-electron chi connectivity index (χ3n) is 3.29. The zero-order valence-corrected chi connectivity index (χ0v) is 15.1. The summed E-state index contributed by atoms with van der Waals surface area (Å²) in [5, 5.41) is 3.97. The maximum Gasteiger partial charge on any atom is 0.258 e. The maximum absolute atomic E-state index is 11.6. The first kappa shape index (κ1) is 16.7. The van der Waals surface area contributed by atoms with Crippen LogP contribution in [-0.2, 0) is 10.0 Å². The highest BCUT2D eigenvalue weighted by Gasteiger charge is 2.12. The van der Waals surface area contributed by atoms with Crippen molar-refractivity contribution in [2.75, 3.05) is 10.5 Å². The Hall–Kier alpha value is -2.19. The zero-order valence-electron chi connectivity index (χ0n) is 12.7. The van der Waals surface area contributed by atoms with Gasteiger partial charge in [-0.2, -0.15) is 4.98 Å². The van der Waals surface area contributed by atoms with Gasteiger partial charge in [0.1, 0.15) is 0 Å². The van der Waals surface area contributed by atoms with Gasteiger partial charge in [-0.3, -0.25) is 4.72 Å². The Morgan fingerprint density at radius 1 is 1.12 bits per heavy atom. The van der Waals surface area contributed by atoms with E-state index in [1.165, 1.54) is 0 Å². The second-order valence-electron chi connectivity index (χ2n) is 5.02. The van der Waals surface area contributed by atoms with Crippen LogP contribution in [0.5, 0.6) is 0 Å². The molecule has 24 heavy (non-hydrogen) atoms. The van der Waals surface area contributed by atoms with Crippen molar-refractivity contribution in [1.82, 2.24) is 10.1 Å². The van der Waals surface area contributed by atoms with Crippen molar-refractivity contribution in [1.29, 1.82) is 0 Å². The fourth-order valence-electron chi connectivity index (χ4n) is 2.02. The largest absolute Gasteiger partial charge is 0.334 e. The van der Waals surface area contributed by atoms with Gasteiger partial charge in [-0.1, -0.05) is 27.2 Å². The molecule has 0 aliphatic rings. The summed E-state index contributed by atoms with van der Waals surface area (Å²) in [5.41, 5.74) is 2.05. The maximum atomic E-state index is 11.6. The molecule has 3 aromatic rings. The number of halogens is 1. The van der Waals surface area contributed by atoms with Crippen LogP contribution in [-0.4, -0.2) is 24.3 Å². The Morgan fingerprint density at radius 3 is 2.54 bits per heavy atom. The van der Waals surface area contributed by atoms with Crippen molar-refractivity contribution in [2.45, 2.75) is 6.92 Å². The second-order valence-corrected chi connectivity index (χ2v) is 7.94. The van der Waals surface area contributed by atoms with E-state index in [1.807, 2.05) is 24.3 Å². The van der Waals surface area contributed by atoms with Gasteiger partial charge in [0.05, 0.1) is 5.75 Å². The van der Waals surface area contributed by atoms with Crippen LogP contribution < -0.4 is 4.72 Å². The summed E-state index contributed by atoms with van der Waals surface area (Å²) in [4.78, 5) is 4.38. The van der Waals surface area contributed by atoms with Gasteiger partial charge in [-0.05, 0) is 49.4 Å². The minimum atomic E-state index is -3.29. The second kappa shape index (κ2) is 6.74. The first-order valence-electron chi connectivity index (χ1n) is 7.17. The van der Waals surface area contributed by atoms with E-state index >= 15 is 0 Å².